The molecule has 0 radical (unpaired) electrons. The van der Waals surface area contributed by atoms with Gasteiger partial charge in [0.05, 0.1) is 18.1 Å². The summed E-state index contributed by atoms with van der Waals surface area (Å²) in [6.07, 6.45) is 0. The third-order valence-electron chi connectivity index (χ3n) is 2.76. The Kier molecular flexibility index (Phi) is 4.21. The van der Waals surface area contributed by atoms with E-state index in [1.54, 1.807) is 0 Å². The highest BCUT2D eigenvalue weighted by molar-refractivity contribution is 7.89. The lowest BCUT2D eigenvalue weighted by Gasteiger charge is -2.26. The normalized spacial score (nSPS) is 17.9. The van der Waals surface area contributed by atoms with Crippen LogP contribution in [0, 0.1) is 5.82 Å². The van der Waals surface area contributed by atoms with Crippen LogP contribution in [0.2, 0.25) is 0 Å². The first-order valence-electron chi connectivity index (χ1n) is 5.48. The number of sulfonamides is 1. The molecule has 4 nitrogen and oxygen atoms in total. The number of rotatable bonds is 3. The number of benzene rings is 1. The molecule has 0 N–H and O–H groups in total. The lowest BCUT2D eigenvalue weighted by molar-refractivity contribution is 0.0730. The molecule has 1 aromatic carbocycles. The minimum atomic E-state index is -3.70. The van der Waals surface area contributed by atoms with Crippen LogP contribution in [0.15, 0.2) is 23.1 Å². The zero-order valence-corrected chi connectivity index (χ0v) is 11.2. The van der Waals surface area contributed by atoms with Crippen molar-refractivity contribution in [3.63, 3.8) is 0 Å². The van der Waals surface area contributed by atoms with Crippen LogP contribution in [0.4, 0.5) is 4.39 Å². The van der Waals surface area contributed by atoms with E-state index in [1.807, 2.05) is 0 Å². The Balaban J connectivity index is 2.42. The number of ether oxygens (including phenoxy) is 1. The van der Waals surface area contributed by atoms with Crippen LogP contribution >= 0.6 is 11.6 Å². The van der Waals surface area contributed by atoms with Gasteiger partial charge in [-0.25, -0.2) is 12.8 Å². The van der Waals surface area contributed by atoms with Gasteiger partial charge in [-0.2, -0.15) is 4.31 Å². The molecule has 0 aliphatic carbocycles. The summed E-state index contributed by atoms with van der Waals surface area (Å²) in [5, 5.41) is 0. The van der Waals surface area contributed by atoms with E-state index in [2.05, 4.69) is 0 Å². The molecule has 7 heteroatoms. The van der Waals surface area contributed by atoms with E-state index >= 15 is 0 Å². The maximum absolute atomic E-state index is 13.2. The minimum absolute atomic E-state index is 0.0270. The van der Waals surface area contributed by atoms with Crippen LogP contribution in [0.5, 0.6) is 0 Å². The number of hydrogen-bond acceptors (Lipinski definition) is 3. The van der Waals surface area contributed by atoms with Crippen LogP contribution < -0.4 is 0 Å². The molecule has 0 unspecified atom stereocenters. The molecule has 1 saturated heterocycles. The Morgan fingerprint density at radius 3 is 2.61 bits per heavy atom. The number of morpholine rings is 1. The van der Waals surface area contributed by atoms with Crippen LogP contribution in [0.25, 0.3) is 0 Å². The van der Waals surface area contributed by atoms with Gasteiger partial charge in [-0.15, -0.1) is 11.6 Å². The Bertz CT molecular complexity index is 529. The summed E-state index contributed by atoms with van der Waals surface area (Å²) in [5.74, 6) is -0.560. The molecule has 0 saturated carbocycles. The summed E-state index contributed by atoms with van der Waals surface area (Å²) < 4.78 is 44.4. The maximum atomic E-state index is 13.2. The summed E-state index contributed by atoms with van der Waals surface area (Å²) in [6, 6.07) is 3.62. The van der Waals surface area contributed by atoms with Gasteiger partial charge in [0.25, 0.3) is 0 Å². The Labute approximate surface area is 110 Å². The maximum Gasteiger partial charge on any atom is 0.243 e. The molecule has 18 heavy (non-hydrogen) atoms. The third kappa shape index (κ3) is 2.66. The molecule has 0 aromatic heterocycles. The molecule has 0 bridgehead atoms. The molecule has 2 rings (SSSR count). The molecular weight excluding hydrogens is 281 g/mol. The fraction of sp³-hybridized carbons (Fsp3) is 0.455. The highest BCUT2D eigenvalue weighted by Crippen LogP contribution is 2.23. The molecule has 0 spiro atoms. The van der Waals surface area contributed by atoms with Gasteiger partial charge in [-0.05, 0) is 17.7 Å². The van der Waals surface area contributed by atoms with E-state index in [0.29, 0.717) is 18.8 Å². The summed E-state index contributed by atoms with van der Waals surface area (Å²) in [5.41, 5.74) is 0.407. The van der Waals surface area contributed by atoms with Crippen LogP contribution in [0.3, 0.4) is 0 Å². The van der Waals surface area contributed by atoms with Crippen molar-refractivity contribution in [1.82, 2.24) is 4.31 Å². The Morgan fingerprint density at radius 2 is 2.00 bits per heavy atom. The first kappa shape index (κ1) is 13.7. The standard InChI is InChI=1S/C11H13ClFNO3S/c12-8-9-1-2-10(13)7-11(9)18(15,16)14-3-5-17-6-4-14/h1-2,7H,3-6,8H2. The predicted octanol–water partition coefficient (Wildman–Crippen LogP) is 1.59. The van der Waals surface area contributed by atoms with E-state index in [0.717, 1.165) is 6.07 Å². The second-order valence-corrected chi connectivity index (χ2v) is 6.08. The predicted molar refractivity (Wildman–Crippen MR) is 65.5 cm³/mol. The van der Waals surface area contributed by atoms with E-state index in [-0.39, 0.29) is 23.9 Å². The molecule has 0 atom stereocenters. The van der Waals surface area contributed by atoms with Crippen LogP contribution in [0.1, 0.15) is 5.56 Å². The summed E-state index contributed by atoms with van der Waals surface area (Å²) >= 11 is 5.70. The quantitative estimate of drug-likeness (QED) is 0.795. The summed E-state index contributed by atoms with van der Waals surface area (Å²) in [4.78, 5) is -0.0561. The fourth-order valence-electron chi connectivity index (χ4n) is 1.80. The van der Waals surface area contributed by atoms with Crippen molar-refractivity contribution in [3.8, 4) is 0 Å². The van der Waals surface area contributed by atoms with Crippen LogP contribution in [-0.2, 0) is 20.6 Å². The van der Waals surface area contributed by atoms with Crippen molar-refractivity contribution in [2.75, 3.05) is 26.3 Å². The highest BCUT2D eigenvalue weighted by Gasteiger charge is 2.28. The van der Waals surface area contributed by atoms with E-state index in [4.69, 9.17) is 16.3 Å². The average molecular weight is 294 g/mol. The van der Waals surface area contributed by atoms with Gasteiger partial charge in [-0.1, -0.05) is 6.07 Å². The van der Waals surface area contributed by atoms with Gasteiger partial charge in [0.1, 0.15) is 5.82 Å². The number of halogens is 2. The van der Waals surface area contributed by atoms with Crippen molar-refractivity contribution in [1.29, 1.82) is 0 Å². The fourth-order valence-corrected chi connectivity index (χ4v) is 3.76. The van der Waals surface area contributed by atoms with Gasteiger partial charge in [-0.3, -0.25) is 0 Å². The molecule has 0 amide bonds. The lowest BCUT2D eigenvalue weighted by Crippen LogP contribution is -2.40. The Hall–Kier alpha value is -0.690. The van der Waals surface area contributed by atoms with Gasteiger partial charge < -0.3 is 4.74 Å². The van der Waals surface area contributed by atoms with Gasteiger partial charge in [0, 0.05) is 19.0 Å². The summed E-state index contributed by atoms with van der Waals surface area (Å²) in [7, 11) is -3.70. The molecule has 1 aliphatic heterocycles. The van der Waals surface area contributed by atoms with Crippen molar-refractivity contribution < 1.29 is 17.5 Å². The number of nitrogens with zero attached hydrogens (tertiary/aromatic N) is 1. The second kappa shape index (κ2) is 5.52. The first-order chi connectivity index (χ1) is 8.55. The topological polar surface area (TPSA) is 46.6 Å². The summed E-state index contributed by atoms with van der Waals surface area (Å²) in [6.45, 7) is 1.26. The lowest BCUT2D eigenvalue weighted by atomic mass is 10.2. The Morgan fingerprint density at radius 1 is 1.33 bits per heavy atom. The molecule has 1 aliphatic rings. The van der Waals surface area contributed by atoms with Crippen molar-refractivity contribution in [2.45, 2.75) is 10.8 Å². The number of alkyl halides is 1. The van der Waals surface area contributed by atoms with Gasteiger partial charge in [0.2, 0.25) is 10.0 Å². The van der Waals surface area contributed by atoms with Crippen molar-refractivity contribution >= 4 is 21.6 Å². The molecule has 1 fully saturated rings. The highest BCUT2D eigenvalue weighted by atomic mass is 35.5. The van der Waals surface area contributed by atoms with E-state index in [1.165, 1.54) is 16.4 Å². The van der Waals surface area contributed by atoms with Gasteiger partial charge >= 0.3 is 0 Å². The van der Waals surface area contributed by atoms with Crippen LogP contribution in [-0.4, -0.2) is 39.0 Å². The molecular formula is C11H13ClFNO3S. The number of hydrogen-bond donors (Lipinski definition) is 0. The first-order valence-corrected chi connectivity index (χ1v) is 7.45. The SMILES string of the molecule is O=S(=O)(c1cc(F)ccc1CCl)N1CCOCC1. The molecule has 1 aromatic rings. The smallest absolute Gasteiger partial charge is 0.243 e. The van der Waals surface area contributed by atoms with E-state index < -0.39 is 15.8 Å². The molecule has 100 valence electrons. The second-order valence-electron chi connectivity index (χ2n) is 3.90. The van der Waals surface area contributed by atoms with E-state index in [9.17, 15) is 12.8 Å². The largest absolute Gasteiger partial charge is 0.379 e. The third-order valence-corrected chi connectivity index (χ3v) is 5.03. The van der Waals surface area contributed by atoms with Gasteiger partial charge in [0.15, 0.2) is 0 Å². The average Bonchev–Trinajstić information content (AvgIpc) is 2.39. The van der Waals surface area contributed by atoms with Crippen molar-refractivity contribution in [2.24, 2.45) is 0 Å². The molecule has 1 heterocycles. The zero-order chi connectivity index (χ0) is 13.2. The minimum Gasteiger partial charge on any atom is -0.379 e. The van der Waals surface area contributed by atoms with Crippen molar-refractivity contribution in [3.05, 3.63) is 29.6 Å². The monoisotopic (exact) mass is 293 g/mol. The zero-order valence-electron chi connectivity index (χ0n) is 9.60.